The van der Waals surface area contributed by atoms with Crippen molar-refractivity contribution >= 4 is 11.6 Å². The van der Waals surface area contributed by atoms with Gasteiger partial charge < -0.3 is 5.32 Å². The summed E-state index contributed by atoms with van der Waals surface area (Å²) >= 11 is 5.83. The van der Waals surface area contributed by atoms with Gasteiger partial charge in [0.1, 0.15) is 11.6 Å². The van der Waals surface area contributed by atoms with Crippen LogP contribution in [-0.4, -0.2) is 13.1 Å². The third-order valence-corrected chi connectivity index (χ3v) is 3.46. The largest absolute Gasteiger partial charge is 0.317 e. The summed E-state index contributed by atoms with van der Waals surface area (Å²) in [5, 5.41) is 3.33. The first-order valence-corrected chi connectivity index (χ1v) is 5.89. The molecule has 1 aliphatic heterocycles. The molecule has 0 atom stereocenters. The Morgan fingerprint density at radius 2 is 1.94 bits per heavy atom. The molecule has 1 aliphatic rings. The Morgan fingerprint density at radius 3 is 2.62 bits per heavy atom. The second-order valence-corrected chi connectivity index (χ2v) is 4.64. The highest BCUT2D eigenvalue weighted by molar-refractivity contribution is 6.31. The van der Waals surface area contributed by atoms with Crippen molar-refractivity contribution in [3.05, 3.63) is 34.4 Å². The van der Waals surface area contributed by atoms with E-state index in [9.17, 15) is 8.78 Å². The van der Waals surface area contributed by atoms with Crippen molar-refractivity contribution < 1.29 is 8.78 Å². The summed E-state index contributed by atoms with van der Waals surface area (Å²) in [6, 6.07) is 2.17. The highest BCUT2D eigenvalue weighted by Crippen LogP contribution is 2.26. The lowest BCUT2D eigenvalue weighted by atomic mass is 9.91. The van der Waals surface area contributed by atoms with E-state index in [0.717, 1.165) is 32.0 Å². The molecule has 2 rings (SSSR count). The summed E-state index contributed by atoms with van der Waals surface area (Å²) in [6.45, 7) is 1.94. The molecule has 0 saturated carbocycles. The van der Waals surface area contributed by atoms with Gasteiger partial charge in [-0.05, 0) is 49.9 Å². The number of rotatable bonds is 2. The van der Waals surface area contributed by atoms with Crippen molar-refractivity contribution in [2.24, 2.45) is 5.92 Å². The van der Waals surface area contributed by atoms with E-state index in [-0.39, 0.29) is 5.02 Å². The van der Waals surface area contributed by atoms with Crippen molar-refractivity contribution in [2.75, 3.05) is 13.1 Å². The second-order valence-electron chi connectivity index (χ2n) is 4.26. The third kappa shape index (κ3) is 2.71. The summed E-state index contributed by atoms with van der Waals surface area (Å²) in [5.74, 6) is -0.739. The van der Waals surface area contributed by atoms with Gasteiger partial charge in [-0.3, -0.25) is 0 Å². The van der Waals surface area contributed by atoms with Gasteiger partial charge in [0.15, 0.2) is 0 Å². The summed E-state index contributed by atoms with van der Waals surface area (Å²) < 4.78 is 26.3. The van der Waals surface area contributed by atoms with Crippen molar-refractivity contribution in [3.8, 4) is 0 Å². The molecule has 0 radical (unpaired) electrons. The maximum atomic E-state index is 13.2. The van der Waals surface area contributed by atoms with Gasteiger partial charge >= 0.3 is 0 Å². The lowest BCUT2D eigenvalue weighted by Crippen LogP contribution is -2.28. The molecule has 1 N–H and O–H groups in total. The molecule has 0 spiro atoms. The van der Waals surface area contributed by atoms with E-state index in [1.165, 1.54) is 6.07 Å². The van der Waals surface area contributed by atoms with Gasteiger partial charge in [0.25, 0.3) is 0 Å². The number of nitrogens with one attached hydrogen (secondary N) is 1. The number of hydrogen-bond acceptors (Lipinski definition) is 1. The molecule has 0 aromatic heterocycles. The molecule has 1 heterocycles. The summed E-state index contributed by atoms with van der Waals surface area (Å²) in [6.07, 6.45) is 2.73. The Kier molecular flexibility index (Phi) is 3.77. The average molecular weight is 246 g/mol. The van der Waals surface area contributed by atoms with E-state index in [1.54, 1.807) is 0 Å². The fraction of sp³-hybridized carbons (Fsp3) is 0.500. The van der Waals surface area contributed by atoms with Crippen LogP contribution in [0.4, 0.5) is 8.78 Å². The minimum Gasteiger partial charge on any atom is -0.317 e. The van der Waals surface area contributed by atoms with Crippen LogP contribution in [0.3, 0.4) is 0 Å². The maximum Gasteiger partial charge on any atom is 0.144 e. The van der Waals surface area contributed by atoms with Crippen molar-refractivity contribution in [2.45, 2.75) is 19.3 Å². The molecule has 0 unspecified atom stereocenters. The van der Waals surface area contributed by atoms with Crippen LogP contribution in [0.15, 0.2) is 12.1 Å². The molecule has 0 amide bonds. The summed E-state index contributed by atoms with van der Waals surface area (Å²) in [7, 11) is 0. The molecule has 88 valence electrons. The number of halogens is 3. The SMILES string of the molecule is Fc1cc(F)c(Cl)c(CC2CCNCC2)c1. The Hall–Kier alpha value is -0.670. The topological polar surface area (TPSA) is 12.0 Å². The summed E-state index contributed by atoms with van der Waals surface area (Å²) in [5.41, 5.74) is 0.589. The first-order chi connectivity index (χ1) is 7.66. The number of hydrogen-bond donors (Lipinski definition) is 1. The fourth-order valence-electron chi connectivity index (χ4n) is 2.15. The number of benzene rings is 1. The fourth-order valence-corrected chi connectivity index (χ4v) is 2.34. The Bertz CT molecular complexity index is 376. The normalized spacial score (nSPS) is 17.7. The molecule has 1 fully saturated rings. The lowest BCUT2D eigenvalue weighted by Gasteiger charge is -2.23. The maximum absolute atomic E-state index is 13.2. The zero-order valence-corrected chi connectivity index (χ0v) is 9.66. The molecule has 1 aromatic carbocycles. The van der Waals surface area contributed by atoms with Crippen LogP contribution >= 0.6 is 11.6 Å². The van der Waals surface area contributed by atoms with Crippen LogP contribution < -0.4 is 5.32 Å². The number of piperidine rings is 1. The molecule has 0 bridgehead atoms. The highest BCUT2D eigenvalue weighted by atomic mass is 35.5. The van der Waals surface area contributed by atoms with Crippen LogP contribution in [-0.2, 0) is 6.42 Å². The molecule has 1 aromatic rings. The molecular formula is C12H14ClF2N. The first kappa shape index (κ1) is 11.8. The zero-order valence-electron chi connectivity index (χ0n) is 8.90. The minimum atomic E-state index is -0.661. The van der Waals surface area contributed by atoms with Crippen LogP contribution in [0.5, 0.6) is 0 Å². The smallest absolute Gasteiger partial charge is 0.144 e. The van der Waals surface area contributed by atoms with Gasteiger partial charge in [-0.1, -0.05) is 11.6 Å². The van der Waals surface area contributed by atoms with Gasteiger partial charge in [0.2, 0.25) is 0 Å². The molecule has 16 heavy (non-hydrogen) atoms. The molecule has 1 nitrogen and oxygen atoms in total. The van der Waals surface area contributed by atoms with Crippen LogP contribution in [0.25, 0.3) is 0 Å². The van der Waals surface area contributed by atoms with E-state index >= 15 is 0 Å². The van der Waals surface area contributed by atoms with Crippen LogP contribution in [0.1, 0.15) is 18.4 Å². The zero-order chi connectivity index (χ0) is 11.5. The molecule has 1 saturated heterocycles. The minimum absolute atomic E-state index is 0.0694. The Morgan fingerprint density at radius 1 is 1.25 bits per heavy atom. The van der Waals surface area contributed by atoms with Crippen molar-refractivity contribution in [3.63, 3.8) is 0 Å². The molecule has 4 heteroatoms. The van der Waals surface area contributed by atoms with Crippen LogP contribution in [0.2, 0.25) is 5.02 Å². The van der Waals surface area contributed by atoms with Gasteiger partial charge in [-0.25, -0.2) is 8.78 Å². The molecule has 0 aliphatic carbocycles. The van der Waals surface area contributed by atoms with Crippen molar-refractivity contribution in [1.82, 2.24) is 5.32 Å². The van der Waals surface area contributed by atoms with Gasteiger partial charge in [-0.15, -0.1) is 0 Å². The van der Waals surface area contributed by atoms with E-state index in [0.29, 0.717) is 17.9 Å². The lowest BCUT2D eigenvalue weighted by molar-refractivity contribution is 0.372. The van der Waals surface area contributed by atoms with Crippen molar-refractivity contribution in [1.29, 1.82) is 0 Å². The van der Waals surface area contributed by atoms with Gasteiger partial charge in [0.05, 0.1) is 5.02 Å². The first-order valence-electron chi connectivity index (χ1n) is 5.51. The van der Waals surface area contributed by atoms with Gasteiger partial charge in [0, 0.05) is 6.07 Å². The highest BCUT2D eigenvalue weighted by Gasteiger charge is 2.17. The second kappa shape index (κ2) is 5.11. The standard InChI is InChI=1S/C12H14ClF2N/c13-12-9(6-10(14)7-11(12)15)5-8-1-3-16-4-2-8/h6-8,16H,1-5H2. The predicted molar refractivity (Wildman–Crippen MR) is 60.7 cm³/mol. The Labute approximate surface area is 98.8 Å². The van der Waals surface area contributed by atoms with Gasteiger partial charge in [-0.2, -0.15) is 0 Å². The van der Waals surface area contributed by atoms with E-state index < -0.39 is 11.6 Å². The van der Waals surface area contributed by atoms with E-state index in [4.69, 9.17) is 11.6 Å². The predicted octanol–water partition coefficient (Wildman–Crippen LogP) is 3.16. The monoisotopic (exact) mass is 245 g/mol. The van der Waals surface area contributed by atoms with Crippen LogP contribution in [0, 0.1) is 17.6 Å². The average Bonchev–Trinajstić information content (AvgIpc) is 2.27. The quantitative estimate of drug-likeness (QED) is 0.790. The third-order valence-electron chi connectivity index (χ3n) is 3.04. The Balaban J connectivity index is 2.13. The summed E-state index contributed by atoms with van der Waals surface area (Å²) in [4.78, 5) is 0. The molecular weight excluding hydrogens is 232 g/mol. The van der Waals surface area contributed by atoms with E-state index in [1.807, 2.05) is 0 Å². The van der Waals surface area contributed by atoms with E-state index in [2.05, 4.69) is 5.32 Å².